The zero-order valence-corrected chi connectivity index (χ0v) is 12.5. The van der Waals surface area contributed by atoms with Gasteiger partial charge in [0, 0.05) is 36.4 Å². The van der Waals surface area contributed by atoms with E-state index in [1.54, 1.807) is 17.4 Å². The van der Waals surface area contributed by atoms with E-state index in [-0.39, 0.29) is 11.7 Å². The number of aromatic amines is 1. The summed E-state index contributed by atoms with van der Waals surface area (Å²) in [5.74, 6) is 0. The number of thiazole rings is 1. The maximum absolute atomic E-state index is 11.2. The molecule has 1 aliphatic rings. The Morgan fingerprint density at radius 1 is 1.48 bits per heavy atom. The van der Waals surface area contributed by atoms with Crippen molar-refractivity contribution in [3.63, 3.8) is 0 Å². The molecule has 0 saturated carbocycles. The van der Waals surface area contributed by atoms with Gasteiger partial charge in [-0.25, -0.2) is 9.97 Å². The van der Waals surface area contributed by atoms with Crippen LogP contribution in [0.2, 0.25) is 0 Å². The van der Waals surface area contributed by atoms with Crippen molar-refractivity contribution in [2.75, 3.05) is 19.7 Å². The number of nitrogens with one attached hydrogen (secondary N) is 1. The van der Waals surface area contributed by atoms with Gasteiger partial charge in [0.1, 0.15) is 5.01 Å². The Kier molecular flexibility index (Phi) is 4.74. The number of morpholine rings is 1. The Morgan fingerprint density at radius 2 is 2.43 bits per heavy atom. The van der Waals surface area contributed by atoms with E-state index >= 15 is 0 Å². The molecule has 2 aromatic rings. The summed E-state index contributed by atoms with van der Waals surface area (Å²) < 4.78 is 5.81. The lowest BCUT2D eigenvalue weighted by molar-refractivity contribution is -0.0346. The summed E-state index contributed by atoms with van der Waals surface area (Å²) in [4.78, 5) is 24.6. The molecule has 1 fully saturated rings. The number of aryl methyl sites for hydroxylation is 1. The van der Waals surface area contributed by atoms with Crippen molar-refractivity contribution in [1.29, 1.82) is 0 Å². The van der Waals surface area contributed by atoms with E-state index in [4.69, 9.17) is 4.74 Å². The smallest absolute Gasteiger partial charge is 0.250 e. The molecule has 21 heavy (non-hydrogen) atoms. The van der Waals surface area contributed by atoms with Gasteiger partial charge in [-0.1, -0.05) is 0 Å². The average molecular weight is 306 g/mol. The summed E-state index contributed by atoms with van der Waals surface area (Å²) in [6.07, 6.45) is 5.13. The van der Waals surface area contributed by atoms with Gasteiger partial charge in [-0.3, -0.25) is 9.69 Å². The number of nitrogens with zero attached hydrogens (tertiary/aromatic N) is 3. The van der Waals surface area contributed by atoms with E-state index in [0.29, 0.717) is 0 Å². The van der Waals surface area contributed by atoms with Gasteiger partial charge >= 0.3 is 0 Å². The summed E-state index contributed by atoms with van der Waals surface area (Å²) in [5.41, 5.74) is 0.717. The second kappa shape index (κ2) is 6.93. The summed E-state index contributed by atoms with van der Waals surface area (Å²) in [7, 11) is 0. The standard InChI is InChI=1S/C14H18N4O2S/c19-13-7-11(16-10-17-13)1-2-12-8-18(4-5-20-12)9-14-15-3-6-21-14/h3,6-7,10,12H,1-2,4-5,8-9H2,(H,16,17,19)/t12-/m0/s1. The maximum atomic E-state index is 11.2. The van der Waals surface area contributed by atoms with Crippen molar-refractivity contribution in [2.45, 2.75) is 25.5 Å². The van der Waals surface area contributed by atoms with Gasteiger partial charge in [0.15, 0.2) is 0 Å². The molecule has 0 unspecified atom stereocenters. The lowest BCUT2D eigenvalue weighted by Crippen LogP contribution is -2.42. The number of H-pyrrole nitrogens is 1. The van der Waals surface area contributed by atoms with Crippen LogP contribution in [-0.4, -0.2) is 45.7 Å². The molecule has 0 aromatic carbocycles. The van der Waals surface area contributed by atoms with Crippen LogP contribution in [0, 0.1) is 0 Å². The predicted octanol–water partition coefficient (Wildman–Crippen LogP) is 1.06. The second-order valence-electron chi connectivity index (χ2n) is 5.09. The number of hydrogen-bond donors (Lipinski definition) is 1. The number of hydrogen-bond acceptors (Lipinski definition) is 6. The normalized spacial score (nSPS) is 19.7. The van der Waals surface area contributed by atoms with Crippen molar-refractivity contribution in [1.82, 2.24) is 19.9 Å². The van der Waals surface area contributed by atoms with Gasteiger partial charge in [-0.15, -0.1) is 11.3 Å². The lowest BCUT2D eigenvalue weighted by Gasteiger charge is -2.32. The van der Waals surface area contributed by atoms with E-state index in [1.165, 1.54) is 6.33 Å². The molecular formula is C14H18N4O2S. The monoisotopic (exact) mass is 306 g/mol. The third kappa shape index (κ3) is 4.20. The molecule has 0 radical (unpaired) electrons. The van der Waals surface area contributed by atoms with Gasteiger partial charge in [0.25, 0.3) is 5.56 Å². The molecule has 7 heteroatoms. The van der Waals surface area contributed by atoms with Crippen LogP contribution in [0.1, 0.15) is 17.1 Å². The predicted molar refractivity (Wildman–Crippen MR) is 80.3 cm³/mol. The minimum Gasteiger partial charge on any atom is -0.376 e. The van der Waals surface area contributed by atoms with E-state index in [1.807, 2.05) is 11.6 Å². The maximum Gasteiger partial charge on any atom is 0.250 e. The Hall–Kier alpha value is -1.57. The fourth-order valence-corrected chi connectivity index (χ4v) is 3.13. The van der Waals surface area contributed by atoms with Crippen LogP contribution in [0.3, 0.4) is 0 Å². The molecule has 0 bridgehead atoms. The molecule has 112 valence electrons. The van der Waals surface area contributed by atoms with E-state index in [9.17, 15) is 4.79 Å². The molecule has 1 N–H and O–H groups in total. The molecule has 3 heterocycles. The number of aromatic nitrogens is 3. The van der Waals surface area contributed by atoms with Crippen molar-refractivity contribution in [3.8, 4) is 0 Å². The van der Waals surface area contributed by atoms with E-state index < -0.39 is 0 Å². The average Bonchev–Trinajstić information content (AvgIpc) is 2.99. The fraction of sp³-hybridized carbons (Fsp3) is 0.500. The van der Waals surface area contributed by atoms with Gasteiger partial charge in [0.2, 0.25) is 0 Å². The van der Waals surface area contributed by atoms with E-state index in [0.717, 1.165) is 49.8 Å². The van der Waals surface area contributed by atoms with Gasteiger partial charge in [-0.2, -0.15) is 0 Å². The van der Waals surface area contributed by atoms with Gasteiger partial charge in [0.05, 0.1) is 25.6 Å². The molecule has 0 aliphatic carbocycles. The third-order valence-electron chi connectivity index (χ3n) is 3.52. The number of ether oxygens (including phenoxy) is 1. The zero-order chi connectivity index (χ0) is 14.5. The highest BCUT2D eigenvalue weighted by molar-refractivity contribution is 7.09. The summed E-state index contributed by atoms with van der Waals surface area (Å²) in [6, 6.07) is 1.55. The van der Waals surface area contributed by atoms with Crippen molar-refractivity contribution >= 4 is 11.3 Å². The highest BCUT2D eigenvalue weighted by Crippen LogP contribution is 2.15. The van der Waals surface area contributed by atoms with Gasteiger partial charge < -0.3 is 9.72 Å². The molecular weight excluding hydrogens is 288 g/mol. The fourth-order valence-electron chi connectivity index (χ4n) is 2.48. The van der Waals surface area contributed by atoms with Crippen LogP contribution in [0.5, 0.6) is 0 Å². The van der Waals surface area contributed by atoms with Crippen molar-refractivity contribution < 1.29 is 4.74 Å². The van der Waals surface area contributed by atoms with Gasteiger partial charge in [-0.05, 0) is 12.8 Å². The Morgan fingerprint density at radius 3 is 3.24 bits per heavy atom. The summed E-state index contributed by atoms with van der Waals surface area (Å²) in [5, 5.41) is 3.15. The molecule has 1 atom stereocenters. The Balaban J connectivity index is 1.50. The second-order valence-corrected chi connectivity index (χ2v) is 6.07. The first-order chi connectivity index (χ1) is 10.3. The minimum atomic E-state index is -0.102. The molecule has 1 aliphatic heterocycles. The highest BCUT2D eigenvalue weighted by Gasteiger charge is 2.21. The van der Waals surface area contributed by atoms with Crippen molar-refractivity contribution in [2.24, 2.45) is 0 Å². The highest BCUT2D eigenvalue weighted by atomic mass is 32.1. The van der Waals surface area contributed by atoms with Crippen LogP contribution in [-0.2, 0) is 17.7 Å². The van der Waals surface area contributed by atoms with Crippen LogP contribution in [0.4, 0.5) is 0 Å². The first-order valence-electron chi connectivity index (χ1n) is 7.05. The van der Waals surface area contributed by atoms with Crippen LogP contribution in [0.15, 0.2) is 28.8 Å². The minimum absolute atomic E-state index is 0.102. The van der Waals surface area contributed by atoms with Crippen LogP contribution >= 0.6 is 11.3 Å². The lowest BCUT2D eigenvalue weighted by atomic mass is 10.1. The molecule has 3 rings (SSSR count). The number of rotatable bonds is 5. The van der Waals surface area contributed by atoms with Crippen LogP contribution < -0.4 is 5.56 Å². The van der Waals surface area contributed by atoms with E-state index in [2.05, 4.69) is 19.9 Å². The summed E-state index contributed by atoms with van der Waals surface area (Å²) >= 11 is 1.69. The molecule has 2 aromatic heterocycles. The third-order valence-corrected chi connectivity index (χ3v) is 4.29. The zero-order valence-electron chi connectivity index (χ0n) is 11.7. The SMILES string of the molecule is O=c1cc(CC[C@H]2CN(Cc3nccs3)CCO2)nc[nH]1. The quantitative estimate of drug-likeness (QED) is 0.894. The van der Waals surface area contributed by atoms with Crippen LogP contribution in [0.25, 0.3) is 0 Å². The first kappa shape index (κ1) is 14.4. The largest absolute Gasteiger partial charge is 0.376 e. The molecule has 6 nitrogen and oxygen atoms in total. The summed E-state index contributed by atoms with van der Waals surface area (Å²) in [6.45, 7) is 3.49. The topological polar surface area (TPSA) is 71.1 Å². The first-order valence-corrected chi connectivity index (χ1v) is 7.93. The molecule has 0 amide bonds. The van der Waals surface area contributed by atoms with Crippen molar-refractivity contribution in [3.05, 3.63) is 45.0 Å². The molecule has 0 spiro atoms. The Labute approximate surface area is 126 Å². The molecule has 1 saturated heterocycles. The Bertz CT molecular complexity index is 613.